The Morgan fingerprint density at radius 1 is 1.17 bits per heavy atom. The van der Waals surface area contributed by atoms with E-state index in [2.05, 4.69) is 40.4 Å². The van der Waals surface area contributed by atoms with Crippen LogP contribution in [0.2, 0.25) is 0 Å². The highest BCUT2D eigenvalue weighted by molar-refractivity contribution is 5.93. The summed E-state index contributed by atoms with van der Waals surface area (Å²) in [5.41, 5.74) is 2.97. The number of likely N-dealkylation sites (tertiary alicyclic amines) is 1. The molecule has 1 N–H and O–H groups in total. The molecule has 2 heterocycles. The van der Waals surface area contributed by atoms with E-state index in [-0.39, 0.29) is 5.91 Å². The molecule has 1 aliphatic heterocycles. The molecule has 0 radical (unpaired) electrons. The Hall–Kier alpha value is -2.43. The molecule has 0 saturated carbocycles. The summed E-state index contributed by atoms with van der Waals surface area (Å²) < 4.78 is 0. The average Bonchev–Trinajstić information content (AvgIpc) is 2.61. The molecule has 0 atom stereocenters. The number of benzene rings is 1. The number of anilines is 1. The molecule has 5 nitrogen and oxygen atoms in total. The zero-order chi connectivity index (χ0) is 16.1. The molecule has 0 spiro atoms. The first-order chi connectivity index (χ1) is 11.2. The van der Waals surface area contributed by atoms with Gasteiger partial charge in [0.05, 0.1) is 5.56 Å². The Labute approximate surface area is 136 Å². The van der Waals surface area contributed by atoms with Crippen molar-refractivity contribution >= 4 is 11.9 Å². The molecule has 1 aliphatic rings. The molecule has 0 unspecified atom stereocenters. The van der Waals surface area contributed by atoms with E-state index in [0.29, 0.717) is 18.1 Å². The van der Waals surface area contributed by atoms with Crippen molar-refractivity contribution in [3.63, 3.8) is 0 Å². The predicted molar refractivity (Wildman–Crippen MR) is 90.3 cm³/mol. The molecule has 1 amide bonds. The second-order valence-electron chi connectivity index (χ2n) is 5.99. The van der Waals surface area contributed by atoms with Crippen LogP contribution in [-0.4, -0.2) is 33.9 Å². The number of piperidine rings is 1. The van der Waals surface area contributed by atoms with Crippen molar-refractivity contribution in [2.24, 2.45) is 0 Å². The fourth-order valence-electron chi connectivity index (χ4n) is 2.81. The van der Waals surface area contributed by atoms with E-state index in [4.69, 9.17) is 0 Å². The summed E-state index contributed by atoms with van der Waals surface area (Å²) in [4.78, 5) is 22.8. The number of amides is 1. The third-order valence-electron chi connectivity index (χ3n) is 4.08. The summed E-state index contributed by atoms with van der Waals surface area (Å²) in [6, 6.07) is 8.30. The normalized spacial score (nSPS) is 14.6. The second-order valence-corrected chi connectivity index (χ2v) is 5.99. The van der Waals surface area contributed by atoms with E-state index in [9.17, 15) is 4.79 Å². The van der Waals surface area contributed by atoms with Crippen molar-refractivity contribution in [1.82, 2.24) is 14.9 Å². The third kappa shape index (κ3) is 4.06. The first-order valence-corrected chi connectivity index (χ1v) is 8.13. The minimum Gasteiger partial charge on any atom is -0.350 e. The maximum atomic E-state index is 12.4. The van der Waals surface area contributed by atoms with Gasteiger partial charge in [-0.15, -0.1) is 0 Å². The highest BCUT2D eigenvalue weighted by Gasteiger charge is 2.18. The van der Waals surface area contributed by atoms with Crippen LogP contribution in [0.15, 0.2) is 36.7 Å². The van der Waals surface area contributed by atoms with Crippen LogP contribution in [-0.2, 0) is 6.54 Å². The van der Waals surface area contributed by atoms with Gasteiger partial charge >= 0.3 is 0 Å². The monoisotopic (exact) mass is 310 g/mol. The minimum absolute atomic E-state index is 0.0370. The van der Waals surface area contributed by atoms with Crippen LogP contribution in [0.5, 0.6) is 0 Å². The van der Waals surface area contributed by atoms with Gasteiger partial charge in [-0.05, 0) is 31.7 Å². The molecule has 1 saturated heterocycles. The van der Waals surface area contributed by atoms with E-state index in [1.165, 1.54) is 17.5 Å². The number of aromatic nitrogens is 2. The molecule has 3 rings (SSSR count). The average molecular weight is 310 g/mol. The number of rotatable bonds is 4. The number of carbonyl (C=O) groups is 1. The van der Waals surface area contributed by atoms with Crippen LogP contribution >= 0.6 is 0 Å². The quantitative estimate of drug-likeness (QED) is 0.943. The lowest BCUT2D eigenvalue weighted by atomic mass is 10.1. The maximum absolute atomic E-state index is 12.4. The topological polar surface area (TPSA) is 58.1 Å². The van der Waals surface area contributed by atoms with Gasteiger partial charge in [-0.25, -0.2) is 9.97 Å². The Morgan fingerprint density at radius 3 is 2.61 bits per heavy atom. The van der Waals surface area contributed by atoms with E-state index >= 15 is 0 Å². The standard InChI is InChI=1S/C18H22N4O/c1-14-6-5-7-15(10-14)11-19-18-20-12-16(13-21-18)17(23)22-8-3-2-4-9-22/h5-7,10,12-13H,2-4,8-9,11H2,1H3,(H,19,20,21). The van der Waals surface area contributed by atoms with Crippen LogP contribution in [0.25, 0.3) is 0 Å². The Balaban J connectivity index is 1.59. The summed E-state index contributed by atoms with van der Waals surface area (Å²) >= 11 is 0. The van der Waals surface area contributed by atoms with Crippen molar-refractivity contribution in [2.75, 3.05) is 18.4 Å². The van der Waals surface area contributed by atoms with Crippen LogP contribution in [0.3, 0.4) is 0 Å². The molecule has 1 aromatic heterocycles. The Kier molecular flexibility index (Phi) is 4.86. The number of hydrogen-bond acceptors (Lipinski definition) is 4. The highest BCUT2D eigenvalue weighted by Crippen LogP contribution is 2.13. The number of nitrogens with zero attached hydrogens (tertiary/aromatic N) is 3. The molecule has 0 aliphatic carbocycles. The Morgan fingerprint density at radius 2 is 1.91 bits per heavy atom. The minimum atomic E-state index is 0.0370. The van der Waals surface area contributed by atoms with E-state index < -0.39 is 0 Å². The van der Waals surface area contributed by atoms with Gasteiger partial charge in [0.15, 0.2) is 0 Å². The van der Waals surface area contributed by atoms with Gasteiger partial charge in [-0.2, -0.15) is 0 Å². The number of aryl methyl sites for hydroxylation is 1. The van der Waals surface area contributed by atoms with E-state index in [1.807, 2.05) is 11.0 Å². The van der Waals surface area contributed by atoms with E-state index in [0.717, 1.165) is 25.9 Å². The number of carbonyl (C=O) groups excluding carboxylic acids is 1. The largest absolute Gasteiger partial charge is 0.350 e. The van der Waals surface area contributed by atoms with Gasteiger partial charge in [0.25, 0.3) is 5.91 Å². The molecular formula is C18H22N4O. The van der Waals surface area contributed by atoms with Crippen LogP contribution in [0.1, 0.15) is 40.7 Å². The SMILES string of the molecule is Cc1cccc(CNc2ncc(C(=O)N3CCCCC3)cn2)c1. The summed E-state index contributed by atoms with van der Waals surface area (Å²) in [5, 5.41) is 3.19. The molecule has 1 aromatic carbocycles. The van der Waals surface area contributed by atoms with Gasteiger partial charge in [0.2, 0.25) is 5.95 Å². The molecule has 0 bridgehead atoms. The van der Waals surface area contributed by atoms with Gasteiger partial charge < -0.3 is 10.2 Å². The number of nitrogens with one attached hydrogen (secondary N) is 1. The van der Waals surface area contributed by atoms with Crippen molar-refractivity contribution in [1.29, 1.82) is 0 Å². The highest BCUT2D eigenvalue weighted by atomic mass is 16.2. The Bertz CT molecular complexity index is 663. The van der Waals surface area contributed by atoms with Gasteiger partial charge in [-0.3, -0.25) is 4.79 Å². The first-order valence-electron chi connectivity index (χ1n) is 8.13. The lowest BCUT2D eigenvalue weighted by Crippen LogP contribution is -2.35. The zero-order valence-electron chi connectivity index (χ0n) is 13.5. The van der Waals surface area contributed by atoms with Gasteiger partial charge in [0, 0.05) is 32.0 Å². The molecule has 120 valence electrons. The van der Waals surface area contributed by atoms with E-state index in [1.54, 1.807) is 12.4 Å². The van der Waals surface area contributed by atoms with Gasteiger partial charge in [0.1, 0.15) is 0 Å². The van der Waals surface area contributed by atoms with Crippen LogP contribution in [0.4, 0.5) is 5.95 Å². The fraction of sp³-hybridized carbons (Fsp3) is 0.389. The molecule has 1 fully saturated rings. The van der Waals surface area contributed by atoms with Crippen molar-refractivity contribution in [3.8, 4) is 0 Å². The summed E-state index contributed by atoms with van der Waals surface area (Å²) in [6.07, 6.45) is 6.61. The number of hydrogen-bond donors (Lipinski definition) is 1. The van der Waals surface area contributed by atoms with Crippen LogP contribution in [0, 0.1) is 6.92 Å². The van der Waals surface area contributed by atoms with Crippen LogP contribution < -0.4 is 5.32 Å². The third-order valence-corrected chi connectivity index (χ3v) is 4.08. The van der Waals surface area contributed by atoms with Crippen molar-refractivity contribution in [2.45, 2.75) is 32.7 Å². The predicted octanol–water partition coefficient (Wildman–Crippen LogP) is 3.02. The lowest BCUT2D eigenvalue weighted by Gasteiger charge is -2.26. The second kappa shape index (κ2) is 7.22. The molecule has 5 heteroatoms. The molecule has 23 heavy (non-hydrogen) atoms. The zero-order valence-corrected chi connectivity index (χ0v) is 13.5. The summed E-state index contributed by atoms with van der Waals surface area (Å²) in [7, 11) is 0. The van der Waals surface area contributed by atoms with Crippen molar-refractivity contribution < 1.29 is 4.79 Å². The molecular weight excluding hydrogens is 288 g/mol. The smallest absolute Gasteiger partial charge is 0.256 e. The maximum Gasteiger partial charge on any atom is 0.256 e. The summed E-state index contributed by atoms with van der Waals surface area (Å²) in [5.74, 6) is 0.580. The molecule has 2 aromatic rings. The summed E-state index contributed by atoms with van der Waals surface area (Å²) in [6.45, 7) is 4.42. The fourth-order valence-corrected chi connectivity index (χ4v) is 2.81. The first kappa shape index (κ1) is 15.5. The lowest BCUT2D eigenvalue weighted by molar-refractivity contribution is 0.0723. The van der Waals surface area contributed by atoms with Crippen molar-refractivity contribution in [3.05, 3.63) is 53.3 Å². The van der Waals surface area contributed by atoms with Gasteiger partial charge in [-0.1, -0.05) is 29.8 Å².